The number of aromatic amines is 1. The van der Waals surface area contributed by atoms with Gasteiger partial charge in [0.05, 0.1) is 13.5 Å². The third-order valence-corrected chi connectivity index (χ3v) is 4.46. The second kappa shape index (κ2) is 9.97. The number of nitrogens with one attached hydrogen (secondary N) is 2. The normalized spacial score (nSPS) is 11.8. The van der Waals surface area contributed by atoms with E-state index in [1.807, 2.05) is 24.3 Å². The monoisotopic (exact) mass is 377 g/mol. The molecule has 1 atom stereocenters. The van der Waals surface area contributed by atoms with Gasteiger partial charge in [0, 0.05) is 22.8 Å². The van der Waals surface area contributed by atoms with Crippen molar-refractivity contribution in [2.24, 2.45) is 0 Å². The summed E-state index contributed by atoms with van der Waals surface area (Å²) in [4.78, 5) is 30.7. The number of imidazole rings is 1. The van der Waals surface area contributed by atoms with E-state index in [4.69, 9.17) is 11.6 Å². The lowest BCUT2D eigenvalue weighted by atomic mass is 9.93. The third-order valence-electron chi connectivity index (χ3n) is 4.11. The van der Waals surface area contributed by atoms with Crippen LogP contribution in [0.4, 0.5) is 0 Å². The highest BCUT2D eigenvalue weighted by atomic mass is 35.5. The van der Waals surface area contributed by atoms with E-state index >= 15 is 0 Å². The molecule has 140 valence electrons. The third kappa shape index (κ3) is 5.59. The van der Waals surface area contributed by atoms with Crippen LogP contribution in [0.5, 0.6) is 0 Å². The Morgan fingerprint density at radius 1 is 1.35 bits per heavy atom. The van der Waals surface area contributed by atoms with Crippen LogP contribution in [0.25, 0.3) is 0 Å². The van der Waals surface area contributed by atoms with E-state index in [-0.39, 0.29) is 24.8 Å². The van der Waals surface area contributed by atoms with Gasteiger partial charge in [-0.2, -0.15) is 0 Å². The van der Waals surface area contributed by atoms with Gasteiger partial charge < -0.3 is 15.0 Å². The summed E-state index contributed by atoms with van der Waals surface area (Å²) in [6, 6.07) is 7.75. The van der Waals surface area contributed by atoms with Crippen LogP contribution >= 0.6 is 11.6 Å². The number of carbonyl (C=O) groups excluding carboxylic acids is 2. The van der Waals surface area contributed by atoms with E-state index in [0.29, 0.717) is 10.7 Å². The average Bonchev–Trinajstić information content (AvgIpc) is 3.09. The van der Waals surface area contributed by atoms with Gasteiger partial charge in [0.25, 0.3) is 0 Å². The van der Waals surface area contributed by atoms with Crippen LogP contribution in [0, 0.1) is 0 Å². The van der Waals surface area contributed by atoms with Crippen LogP contribution in [-0.2, 0) is 20.7 Å². The van der Waals surface area contributed by atoms with Crippen LogP contribution in [0.2, 0.25) is 5.02 Å². The molecule has 1 amide bonds. The highest BCUT2D eigenvalue weighted by Crippen LogP contribution is 2.32. The molecule has 0 saturated heterocycles. The number of esters is 1. The fraction of sp³-hybridized carbons (Fsp3) is 0.421. The Bertz CT molecular complexity index is 745. The summed E-state index contributed by atoms with van der Waals surface area (Å²) in [5.41, 5.74) is 1.72. The fourth-order valence-electron chi connectivity index (χ4n) is 2.73. The molecule has 1 aromatic heterocycles. The van der Waals surface area contributed by atoms with Gasteiger partial charge in [0.15, 0.2) is 0 Å². The molecule has 0 aliphatic rings. The van der Waals surface area contributed by atoms with Crippen molar-refractivity contribution in [3.8, 4) is 0 Å². The summed E-state index contributed by atoms with van der Waals surface area (Å²) >= 11 is 6.37. The Morgan fingerprint density at radius 3 is 2.81 bits per heavy atom. The second-order valence-electron chi connectivity index (χ2n) is 6.04. The molecule has 0 spiro atoms. The lowest BCUT2D eigenvalue weighted by molar-refractivity contribution is -0.141. The zero-order chi connectivity index (χ0) is 18.9. The SMILES string of the molecule is CCCCC(c1ncc(CC(=O)NCC(=O)OC)[nH]1)c1ccccc1Cl. The summed E-state index contributed by atoms with van der Waals surface area (Å²) in [6.07, 6.45) is 4.81. The summed E-state index contributed by atoms with van der Waals surface area (Å²) in [5, 5.41) is 3.22. The smallest absolute Gasteiger partial charge is 0.325 e. The van der Waals surface area contributed by atoms with Crippen molar-refractivity contribution in [1.82, 2.24) is 15.3 Å². The van der Waals surface area contributed by atoms with Crippen molar-refractivity contribution in [3.05, 3.63) is 52.6 Å². The molecule has 0 saturated carbocycles. The number of rotatable bonds is 9. The van der Waals surface area contributed by atoms with Crippen molar-refractivity contribution < 1.29 is 14.3 Å². The van der Waals surface area contributed by atoms with Crippen molar-refractivity contribution >= 4 is 23.5 Å². The summed E-state index contributed by atoms with van der Waals surface area (Å²) in [6.45, 7) is 2.00. The van der Waals surface area contributed by atoms with E-state index in [9.17, 15) is 9.59 Å². The molecule has 2 N–H and O–H groups in total. The number of carbonyl (C=O) groups is 2. The van der Waals surface area contributed by atoms with Gasteiger partial charge in [-0.15, -0.1) is 0 Å². The molecule has 7 heteroatoms. The van der Waals surface area contributed by atoms with Crippen LogP contribution in [-0.4, -0.2) is 35.5 Å². The molecule has 2 aromatic rings. The fourth-order valence-corrected chi connectivity index (χ4v) is 2.99. The van der Waals surface area contributed by atoms with Crippen LogP contribution in [0.15, 0.2) is 30.5 Å². The highest BCUT2D eigenvalue weighted by molar-refractivity contribution is 6.31. The number of hydrogen-bond acceptors (Lipinski definition) is 4. The molecular formula is C19H24ClN3O3. The maximum absolute atomic E-state index is 11.9. The Balaban J connectivity index is 2.10. The van der Waals surface area contributed by atoms with E-state index in [2.05, 4.69) is 26.9 Å². The molecule has 0 bridgehead atoms. The van der Waals surface area contributed by atoms with Gasteiger partial charge in [-0.05, 0) is 18.1 Å². The molecule has 26 heavy (non-hydrogen) atoms. The number of H-pyrrole nitrogens is 1. The molecule has 0 radical (unpaired) electrons. The van der Waals surface area contributed by atoms with Gasteiger partial charge in [0.1, 0.15) is 12.4 Å². The standard InChI is InChI=1S/C19H24ClN3O3/c1-3-4-7-15(14-8-5-6-9-16(14)20)19-22-11-13(23-19)10-17(24)21-12-18(25)26-2/h5-6,8-9,11,15H,3-4,7,10,12H2,1-2H3,(H,21,24)(H,22,23). The van der Waals surface area contributed by atoms with Gasteiger partial charge in [-0.3, -0.25) is 9.59 Å². The second-order valence-corrected chi connectivity index (χ2v) is 6.45. The number of hydrogen-bond donors (Lipinski definition) is 2. The minimum Gasteiger partial charge on any atom is -0.468 e. The predicted octanol–water partition coefficient (Wildman–Crippen LogP) is 3.22. The van der Waals surface area contributed by atoms with E-state index < -0.39 is 5.97 Å². The highest BCUT2D eigenvalue weighted by Gasteiger charge is 2.20. The van der Waals surface area contributed by atoms with Gasteiger partial charge in [-0.25, -0.2) is 4.98 Å². The summed E-state index contributed by atoms with van der Waals surface area (Å²) < 4.78 is 4.50. The summed E-state index contributed by atoms with van der Waals surface area (Å²) in [5.74, 6) is 0.0910. The lowest BCUT2D eigenvalue weighted by Crippen LogP contribution is -2.31. The van der Waals surface area contributed by atoms with Crippen LogP contribution < -0.4 is 5.32 Å². The Hall–Kier alpha value is -2.34. The molecular weight excluding hydrogens is 354 g/mol. The van der Waals surface area contributed by atoms with Crippen molar-refractivity contribution in [2.45, 2.75) is 38.5 Å². The quantitative estimate of drug-likeness (QED) is 0.657. The molecule has 1 heterocycles. The molecule has 0 aliphatic carbocycles. The van der Waals surface area contributed by atoms with Gasteiger partial charge in [0.2, 0.25) is 5.91 Å². The maximum atomic E-state index is 11.9. The zero-order valence-corrected chi connectivity index (χ0v) is 15.8. The minimum atomic E-state index is -0.484. The molecule has 0 aliphatic heterocycles. The molecule has 6 nitrogen and oxygen atoms in total. The van der Waals surface area contributed by atoms with E-state index in [1.165, 1.54) is 7.11 Å². The maximum Gasteiger partial charge on any atom is 0.325 e. The molecule has 2 rings (SSSR count). The number of aromatic nitrogens is 2. The molecule has 0 fully saturated rings. The molecule has 1 unspecified atom stereocenters. The number of nitrogens with zero attached hydrogens (tertiary/aromatic N) is 1. The average molecular weight is 378 g/mol. The lowest BCUT2D eigenvalue weighted by Gasteiger charge is -2.16. The first kappa shape index (κ1) is 20.0. The zero-order valence-electron chi connectivity index (χ0n) is 15.0. The Kier molecular flexibility index (Phi) is 7.66. The van der Waals surface area contributed by atoms with E-state index in [1.54, 1.807) is 6.20 Å². The minimum absolute atomic E-state index is 0.0514. The number of halogens is 1. The van der Waals surface area contributed by atoms with E-state index in [0.717, 1.165) is 30.7 Å². The summed E-state index contributed by atoms with van der Waals surface area (Å²) in [7, 11) is 1.28. The first-order valence-corrected chi connectivity index (χ1v) is 9.04. The van der Waals surface area contributed by atoms with Crippen molar-refractivity contribution in [2.75, 3.05) is 13.7 Å². The largest absolute Gasteiger partial charge is 0.468 e. The number of unbranched alkanes of at least 4 members (excludes halogenated alkanes) is 1. The number of methoxy groups -OCH3 is 1. The number of benzene rings is 1. The topological polar surface area (TPSA) is 84.1 Å². The Labute approximate surface area is 158 Å². The van der Waals surface area contributed by atoms with Crippen LogP contribution in [0.1, 0.15) is 49.2 Å². The van der Waals surface area contributed by atoms with Gasteiger partial charge in [-0.1, -0.05) is 49.6 Å². The number of amides is 1. The predicted molar refractivity (Wildman–Crippen MR) is 100 cm³/mol. The first-order chi connectivity index (χ1) is 12.5. The molecule has 1 aromatic carbocycles. The Morgan fingerprint density at radius 2 is 2.12 bits per heavy atom. The van der Waals surface area contributed by atoms with Crippen molar-refractivity contribution in [3.63, 3.8) is 0 Å². The number of ether oxygens (including phenoxy) is 1. The first-order valence-electron chi connectivity index (χ1n) is 8.66. The van der Waals surface area contributed by atoms with Gasteiger partial charge >= 0.3 is 5.97 Å². The van der Waals surface area contributed by atoms with Crippen molar-refractivity contribution in [1.29, 1.82) is 0 Å². The van der Waals surface area contributed by atoms with Crippen LogP contribution in [0.3, 0.4) is 0 Å².